The molecule has 0 bridgehead atoms. The number of piperidine rings is 1. The van der Waals surface area contributed by atoms with Gasteiger partial charge in [-0.3, -0.25) is 9.69 Å². The highest BCUT2D eigenvalue weighted by atomic mass is 16.5. The third-order valence-corrected chi connectivity index (χ3v) is 6.20. The van der Waals surface area contributed by atoms with Crippen LogP contribution in [0.2, 0.25) is 0 Å². The van der Waals surface area contributed by atoms with Crippen LogP contribution in [0.3, 0.4) is 0 Å². The van der Waals surface area contributed by atoms with Crippen molar-refractivity contribution in [3.8, 4) is 23.8 Å². The van der Waals surface area contributed by atoms with Gasteiger partial charge in [0.2, 0.25) is 0 Å². The molecule has 184 valence electrons. The molecule has 0 amide bonds. The monoisotopic (exact) mass is 478 g/mol. The Labute approximate surface area is 205 Å². The Kier molecular flexibility index (Phi) is 7.73. The molecular weight excluding hydrogens is 448 g/mol. The van der Waals surface area contributed by atoms with E-state index in [9.17, 15) is 4.79 Å². The minimum atomic E-state index is -0.160. The lowest BCUT2D eigenvalue weighted by molar-refractivity contribution is -0.146. The van der Waals surface area contributed by atoms with E-state index < -0.39 is 0 Å². The van der Waals surface area contributed by atoms with Gasteiger partial charge in [-0.2, -0.15) is 0 Å². The van der Waals surface area contributed by atoms with Crippen molar-refractivity contribution in [2.45, 2.75) is 25.9 Å². The molecule has 0 unspecified atom stereocenters. The van der Waals surface area contributed by atoms with Crippen LogP contribution in [0.25, 0.3) is 10.9 Å². The number of furan rings is 1. The molecule has 0 spiro atoms. The molecule has 35 heavy (non-hydrogen) atoms. The van der Waals surface area contributed by atoms with Crippen LogP contribution in [-0.2, 0) is 22.6 Å². The van der Waals surface area contributed by atoms with Gasteiger partial charge in [0, 0.05) is 24.5 Å². The number of rotatable bonds is 9. The predicted octanol–water partition coefficient (Wildman–Crippen LogP) is 3.26. The summed E-state index contributed by atoms with van der Waals surface area (Å²) in [5, 5.41) is 0.859. The van der Waals surface area contributed by atoms with Gasteiger partial charge in [0.25, 0.3) is 0 Å². The zero-order chi connectivity index (χ0) is 24.8. The summed E-state index contributed by atoms with van der Waals surface area (Å²) in [6, 6.07) is 7.54. The highest BCUT2D eigenvalue weighted by Gasteiger charge is 2.28. The van der Waals surface area contributed by atoms with Crippen LogP contribution < -0.4 is 14.4 Å². The summed E-state index contributed by atoms with van der Waals surface area (Å²) in [7, 11) is 4.64. The van der Waals surface area contributed by atoms with Crippen molar-refractivity contribution >= 4 is 22.7 Å². The third kappa shape index (κ3) is 5.49. The molecule has 9 nitrogen and oxygen atoms in total. The van der Waals surface area contributed by atoms with Crippen molar-refractivity contribution in [2.24, 2.45) is 5.92 Å². The van der Waals surface area contributed by atoms with E-state index in [1.54, 1.807) is 20.5 Å². The third-order valence-electron chi connectivity index (χ3n) is 6.20. The molecular formula is C26H30N4O5. The SMILES string of the molecule is C#CCN(Cc1nc(N2CCC(C(=O)OC)CC2)c2cc(OC)c(OC)cc2n1)Cc1ccco1. The number of carbonyl (C=O) groups excluding carboxylic acids is 1. The Bertz CT molecular complexity index is 1200. The van der Waals surface area contributed by atoms with E-state index in [2.05, 4.69) is 10.8 Å². The first-order valence-corrected chi connectivity index (χ1v) is 11.5. The van der Waals surface area contributed by atoms with Crippen molar-refractivity contribution in [1.82, 2.24) is 14.9 Å². The molecule has 0 aliphatic carbocycles. The molecule has 3 aromatic rings. The van der Waals surface area contributed by atoms with Crippen LogP contribution in [0.1, 0.15) is 24.4 Å². The zero-order valence-corrected chi connectivity index (χ0v) is 20.3. The van der Waals surface area contributed by atoms with Gasteiger partial charge < -0.3 is 23.5 Å². The van der Waals surface area contributed by atoms with Crippen molar-refractivity contribution in [3.05, 3.63) is 42.1 Å². The van der Waals surface area contributed by atoms with E-state index in [-0.39, 0.29) is 11.9 Å². The average molecular weight is 479 g/mol. The van der Waals surface area contributed by atoms with Gasteiger partial charge in [-0.05, 0) is 31.0 Å². The molecule has 1 aliphatic rings. The number of fused-ring (bicyclic) bond motifs is 1. The van der Waals surface area contributed by atoms with Crippen LogP contribution in [0.5, 0.6) is 11.5 Å². The zero-order valence-electron chi connectivity index (χ0n) is 20.3. The Morgan fingerprint density at radius 2 is 1.91 bits per heavy atom. The number of esters is 1. The number of methoxy groups -OCH3 is 3. The first kappa shape index (κ1) is 24.4. The maximum Gasteiger partial charge on any atom is 0.308 e. The minimum absolute atomic E-state index is 0.0992. The number of carbonyl (C=O) groups is 1. The van der Waals surface area contributed by atoms with Crippen LogP contribution >= 0.6 is 0 Å². The second-order valence-electron chi connectivity index (χ2n) is 8.40. The number of hydrogen-bond acceptors (Lipinski definition) is 9. The molecule has 0 radical (unpaired) electrons. The first-order chi connectivity index (χ1) is 17.1. The fraction of sp³-hybridized carbons (Fsp3) is 0.423. The topological polar surface area (TPSA) is 90.2 Å². The van der Waals surface area contributed by atoms with Crippen molar-refractivity contribution in [3.63, 3.8) is 0 Å². The van der Waals surface area contributed by atoms with E-state index in [0.29, 0.717) is 62.9 Å². The average Bonchev–Trinajstić information content (AvgIpc) is 3.40. The van der Waals surface area contributed by atoms with Gasteiger partial charge in [-0.25, -0.2) is 9.97 Å². The molecule has 1 saturated heterocycles. The van der Waals surface area contributed by atoms with Crippen molar-refractivity contribution in [2.75, 3.05) is 45.9 Å². The second kappa shape index (κ2) is 11.1. The predicted molar refractivity (Wildman–Crippen MR) is 131 cm³/mol. The number of hydrogen-bond donors (Lipinski definition) is 0. The lowest BCUT2D eigenvalue weighted by atomic mass is 9.97. The summed E-state index contributed by atoms with van der Waals surface area (Å²) in [4.78, 5) is 26.1. The van der Waals surface area contributed by atoms with E-state index in [1.807, 2.05) is 29.2 Å². The minimum Gasteiger partial charge on any atom is -0.493 e. The molecule has 0 saturated carbocycles. The molecule has 2 aromatic heterocycles. The van der Waals surface area contributed by atoms with E-state index in [4.69, 9.17) is 35.0 Å². The van der Waals surface area contributed by atoms with Crippen LogP contribution in [0.15, 0.2) is 34.9 Å². The standard InChI is InChI=1S/C26H30N4O5/c1-5-10-29(16-19-7-6-13-35-19)17-24-27-21-15-23(33-3)22(32-2)14-20(21)25(28-24)30-11-8-18(9-12-30)26(31)34-4/h1,6-7,13-15,18H,8-12,16-17H2,2-4H3. The van der Waals surface area contributed by atoms with Gasteiger partial charge in [0.15, 0.2) is 11.5 Å². The Hall–Kier alpha value is -3.77. The molecule has 1 fully saturated rings. The maximum absolute atomic E-state index is 12.0. The summed E-state index contributed by atoms with van der Waals surface area (Å²) in [5.74, 6) is 5.90. The first-order valence-electron chi connectivity index (χ1n) is 11.5. The second-order valence-corrected chi connectivity index (χ2v) is 8.40. The van der Waals surface area contributed by atoms with Crippen LogP contribution in [0.4, 0.5) is 5.82 Å². The number of anilines is 1. The summed E-state index contributed by atoms with van der Waals surface area (Å²) >= 11 is 0. The highest BCUT2D eigenvalue weighted by Crippen LogP contribution is 2.36. The van der Waals surface area contributed by atoms with Crippen molar-refractivity contribution < 1.29 is 23.4 Å². The highest BCUT2D eigenvalue weighted by molar-refractivity contribution is 5.92. The Morgan fingerprint density at radius 3 is 2.54 bits per heavy atom. The van der Waals surface area contributed by atoms with Gasteiger partial charge >= 0.3 is 5.97 Å². The number of benzene rings is 1. The summed E-state index contributed by atoms with van der Waals surface area (Å²) in [5.41, 5.74) is 0.747. The lowest BCUT2D eigenvalue weighted by Crippen LogP contribution is -2.37. The van der Waals surface area contributed by atoms with Crippen molar-refractivity contribution in [1.29, 1.82) is 0 Å². The number of terminal acetylenes is 1. The Morgan fingerprint density at radius 1 is 1.17 bits per heavy atom. The van der Waals surface area contributed by atoms with Gasteiger partial charge in [0.05, 0.1) is 58.7 Å². The quantitative estimate of drug-likeness (QED) is 0.339. The van der Waals surface area contributed by atoms with E-state index in [1.165, 1.54) is 7.11 Å². The Balaban J connectivity index is 1.70. The fourth-order valence-electron chi connectivity index (χ4n) is 4.41. The van der Waals surface area contributed by atoms with Crippen LogP contribution in [0, 0.1) is 18.3 Å². The molecule has 1 aliphatic heterocycles. The maximum atomic E-state index is 12.0. The smallest absolute Gasteiger partial charge is 0.308 e. The van der Waals surface area contributed by atoms with Crippen LogP contribution in [-0.4, -0.2) is 61.8 Å². The van der Waals surface area contributed by atoms with Gasteiger partial charge in [-0.15, -0.1) is 6.42 Å². The molecule has 9 heteroatoms. The van der Waals surface area contributed by atoms with Gasteiger partial charge in [0.1, 0.15) is 17.4 Å². The van der Waals surface area contributed by atoms with E-state index >= 15 is 0 Å². The lowest BCUT2D eigenvalue weighted by Gasteiger charge is -2.32. The number of aromatic nitrogens is 2. The summed E-state index contributed by atoms with van der Waals surface area (Å²) in [6.45, 7) is 2.78. The summed E-state index contributed by atoms with van der Waals surface area (Å²) in [6.07, 6.45) is 8.67. The van der Waals surface area contributed by atoms with E-state index in [0.717, 1.165) is 22.5 Å². The largest absolute Gasteiger partial charge is 0.493 e. The molecule has 4 rings (SSSR count). The molecule has 3 heterocycles. The summed E-state index contributed by atoms with van der Waals surface area (Å²) < 4.78 is 21.5. The fourth-order valence-corrected chi connectivity index (χ4v) is 4.41. The normalized spacial score (nSPS) is 14.2. The van der Waals surface area contributed by atoms with Gasteiger partial charge in [-0.1, -0.05) is 5.92 Å². The number of nitrogens with zero attached hydrogens (tertiary/aromatic N) is 4. The molecule has 1 aromatic carbocycles. The number of ether oxygens (including phenoxy) is 3. The molecule has 0 atom stereocenters. The molecule has 0 N–H and O–H groups in total.